The van der Waals surface area contributed by atoms with E-state index in [1.807, 2.05) is 29.2 Å². The molecule has 1 aliphatic rings. The van der Waals surface area contributed by atoms with Gasteiger partial charge in [0.15, 0.2) is 11.6 Å². The van der Waals surface area contributed by atoms with Crippen LogP contribution in [0.3, 0.4) is 0 Å². The van der Waals surface area contributed by atoms with E-state index in [0.717, 1.165) is 30.3 Å². The largest absolute Gasteiger partial charge is 0.489 e. The summed E-state index contributed by atoms with van der Waals surface area (Å²) in [4.78, 5) is 16.5. The molecule has 1 saturated heterocycles. The van der Waals surface area contributed by atoms with Gasteiger partial charge >= 0.3 is 0 Å². The van der Waals surface area contributed by atoms with Crippen LogP contribution in [0.25, 0.3) is 0 Å². The van der Waals surface area contributed by atoms with E-state index in [9.17, 15) is 13.6 Å². The highest BCUT2D eigenvalue weighted by atomic mass is 19.1. The number of halogens is 2. The van der Waals surface area contributed by atoms with Crippen molar-refractivity contribution in [3.05, 3.63) is 65.2 Å². The Morgan fingerprint density at radius 3 is 2.32 bits per heavy atom. The molecule has 5 nitrogen and oxygen atoms in total. The standard InChI is InChI=1S/C21H24F2N2O3/c22-18-5-6-20(19(23)14-18)28-12-11-24-7-9-25(10-8-24)21(27)13-16-1-3-17(15-26)4-2-16/h1-6,14,26H,7-13,15H2. The number of amides is 1. The predicted molar refractivity (Wildman–Crippen MR) is 101 cm³/mol. The van der Waals surface area contributed by atoms with Crippen LogP contribution in [0.4, 0.5) is 8.78 Å². The van der Waals surface area contributed by atoms with E-state index in [1.165, 1.54) is 12.1 Å². The lowest BCUT2D eigenvalue weighted by atomic mass is 10.1. The molecule has 0 atom stereocenters. The zero-order valence-electron chi connectivity index (χ0n) is 15.6. The summed E-state index contributed by atoms with van der Waals surface area (Å²) in [5.74, 6) is -1.21. The molecule has 0 unspecified atom stereocenters. The predicted octanol–water partition coefficient (Wildman–Crippen LogP) is 2.22. The van der Waals surface area contributed by atoms with Crippen molar-refractivity contribution in [1.82, 2.24) is 9.80 Å². The Kier molecular flexibility index (Phi) is 6.95. The monoisotopic (exact) mass is 390 g/mol. The smallest absolute Gasteiger partial charge is 0.227 e. The maximum Gasteiger partial charge on any atom is 0.227 e. The van der Waals surface area contributed by atoms with Gasteiger partial charge in [-0.05, 0) is 23.3 Å². The molecule has 1 N–H and O–H groups in total. The first kappa shape index (κ1) is 20.2. The number of ether oxygens (including phenoxy) is 1. The molecule has 0 bridgehead atoms. The topological polar surface area (TPSA) is 53.0 Å². The maximum absolute atomic E-state index is 13.5. The lowest BCUT2D eigenvalue weighted by molar-refractivity contribution is -0.132. The molecule has 2 aromatic carbocycles. The molecule has 1 amide bonds. The van der Waals surface area contributed by atoms with E-state index in [2.05, 4.69) is 4.90 Å². The molecule has 1 heterocycles. The Bertz CT molecular complexity index is 791. The van der Waals surface area contributed by atoms with Crippen LogP contribution in [-0.2, 0) is 17.8 Å². The number of benzene rings is 2. The molecule has 0 radical (unpaired) electrons. The average Bonchev–Trinajstić information content (AvgIpc) is 2.70. The van der Waals surface area contributed by atoms with Gasteiger partial charge in [-0.25, -0.2) is 8.78 Å². The summed E-state index contributed by atoms with van der Waals surface area (Å²) < 4.78 is 31.8. The number of rotatable bonds is 7. The summed E-state index contributed by atoms with van der Waals surface area (Å²) in [5.41, 5.74) is 1.76. The number of piperazine rings is 1. The average molecular weight is 390 g/mol. The third-order valence-corrected chi connectivity index (χ3v) is 4.84. The van der Waals surface area contributed by atoms with E-state index in [0.29, 0.717) is 32.7 Å². The highest BCUT2D eigenvalue weighted by Gasteiger charge is 2.21. The van der Waals surface area contributed by atoms with Gasteiger partial charge in [-0.3, -0.25) is 9.69 Å². The fraction of sp³-hybridized carbons (Fsp3) is 0.381. The first-order valence-corrected chi connectivity index (χ1v) is 9.32. The molecule has 28 heavy (non-hydrogen) atoms. The van der Waals surface area contributed by atoms with Crippen molar-refractivity contribution in [3.8, 4) is 5.75 Å². The molecule has 7 heteroatoms. The van der Waals surface area contributed by atoms with Gasteiger partial charge < -0.3 is 14.7 Å². The lowest BCUT2D eigenvalue weighted by Crippen LogP contribution is -2.49. The van der Waals surface area contributed by atoms with Crippen LogP contribution in [0.5, 0.6) is 5.75 Å². The third-order valence-electron chi connectivity index (χ3n) is 4.84. The van der Waals surface area contributed by atoms with Gasteiger partial charge in [-0.1, -0.05) is 24.3 Å². The minimum Gasteiger partial charge on any atom is -0.489 e. The van der Waals surface area contributed by atoms with E-state index >= 15 is 0 Å². The van der Waals surface area contributed by atoms with Crippen LogP contribution in [0.15, 0.2) is 42.5 Å². The maximum atomic E-state index is 13.5. The van der Waals surface area contributed by atoms with E-state index < -0.39 is 11.6 Å². The van der Waals surface area contributed by atoms with Crippen LogP contribution < -0.4 is 4.74 Å². The van der Waals surface area contributed by atoms with Crippen molar-refractivity contribution in [2.45, 2.75) is 13.0 Å². The second kappa shape index (κ2) is 9.61. The van der Waals surface area contributed by atoms with Gasteiger partial charge in [-0.15, -0.1) is 0 Å². The molecule has 0 spiro atoms. The fourth-order valence-corrected chi connectivity index (χ4v) is 3.15. The molecular formula is C21H24F2N2O3. The Morgan fingerprint density at radius 1 is 1.00 bits per heavy atom. The number of nitrogens with zero attached hydrogens (tertiary/aromatic N) is 2. The third kappa shape index (κ3) is 5.50. The molecule has 1 aliphatic heterocycles. The summed E-state index contributed by atoms with van der Waals surface area (Å²) in [6.07, 6.45) is 0.346. The van der Waals surface area contributed by atoms with E-state index in [4.69, 9.17) is 9.84 Å². The first-order chi connectivity index (χ1) is 13.5. The Labute approximate surface area is 163 Å². The molecule has 0 aliphatic carbocycles. The number of hydrogen-bond donors (Lipinski definition) is 1. The quantitative estimate of drug-likeness (QED) is 0.788. The molecular weight excluding hydrogens is 366 g/mol. The van der Waals surface area contributed by atoms with Crippen LogP contribution >= 0.6 is 0 Å². The van der Waals surface area contributed by atoms with Crippen molar-refractivity contribution < 1.29 is 23.4 Å². The Morgan fingerprint density at radius 2 is 1.68 bits per heavy atom. The summed E-state index contributed by atoms with van der Waals surface area (Å²) in [7, 11) is 0. The van der Waals surface area contributed by atoms with Crippen molar-refractivity contribution in [3.63, 3.8) is 0 Å². The fourth-order valence-electron chi connectivity index (χ4n) is 3.15. The second-order valence-corrected chi connectivity index (χ2v) is 6.80. The number of carbonyl (C=O) groups excluding carboxylic acids is 1. The van der Waals surface area contributed by atoms with Crippen LogP contribution in [0.2, 0.25) is 0 Å². The first-order valence-electron chi connectivity index (χ1n) is 9.32. The second-order valence-electron chi connectivity index (χ2n) is 6.80. The summed E-state index contributed by atoms with van der Waals surface area (Å²) in [6.45, 7) is 3.63. The van der Waals surface area contributed by atoms with Crippen LogP contribution in [0, 0.1) is 11.6 Å². The molecule has 150 valence electrons. The van der Waals surface area contributed by atoms with Gasteiger partial charge in [-0.2, -0.15) is 0 Å². The number of hydrogen-bond acceptors (Lipinski definition) is 4. The van der Waals surface area contributed by atoms with Crippen molar-refractivity contribution in [1.29, 1.82) is 0 Å². The minimum atomic E-state index is -0.706. The lowest BCUT2D eigenvalue weighted by Gasteiger charge is -2.34. The van der Waals surface area contributed by atoms with Crippen molar-refractivity contribution in [2.75, 3.05) is 39.3 Å². The highest BCUT2D eigenvalue weighted by Crippen LogP contribution is 2.17. The Hall–Kier alpha value is -2.51. The highest BCUT2D eigenvalue weighted by molar-refractivity contribution is 5.78. The molecule has 2 aromatic rings. The Balaban J connectivity index is 1.39. The van der Waals surface area contributed by atoms with Gasteiger partial charge in [0.05, 0.1) is 13.0 Å². The summed E-state index contributed by atoms with van der Waals surface area (Å²) >= 11 is 0. The zero-order valence-corrected chi connectivity index (χ0v) is 15.6. The van der Waals surface area contributed by atoms with Crippen LogP contribution in [-0.4, -0.2) is 60.1 Å². The van der Waals surface area contributed by atoms with Crippen molar-refractivity contribution in [2.24, 2.45) is 0 Å². The van der Waals surface area contributed by atoms with E-state index in [-0.39, 0.29) is 18.3 Å². The molecule has 0 saturated carbocycles. The van der Waals surface area contributed by atoms with Gasteiger partial charge in [0.2, 0.25) is 5.91 Å². The minimum absolute atomic E-state index is 0.00625. The normalized spacial score (nSPS) is 14.9. The molecule has 1 fully saturated rings. The van der Waals surface area contributed by atoms with Gasteiger partial charge in [0.25, 0.3) is 0 Å². The SMILES string of the molecule is O=C(Cc1ccc(CO)cc1)N1CCN(CCOc2ccc(F)cc2F)CC1. The summed E-state index contributed by atoms with van der Waals surface area (Å²) in [5, 5.41) is 9.07. The number of aliphatic hydroxyl groups excluding tert-OH is 1. The molecule has 3 rings (SSSR count). The van der Waals surface area contributed by atoms with Crippen molar-refractivity contribution >= 4 is 5.91 Å². The number of carbonyl (C=O) groups is 1. The zero-order chi connectivity index (χ0) is 19.9. The van der Waals surface area contributed by atoms with Gasteiger partial charge in [0, 0.05) is 38.8 Å². The summed E-state index contributed by atoms with van der Waals surface area (Å²) in [6, 6.07) is 10.6. The van der Waals surface area contributed by atoms with Gasteiger partial charge in [0.1, 0.15) is 12.4 Å². The van der Waals surface area contributed by atoms with Crippen LogP contribution in [0.1, 0.15) is 11.1 Å². The van der Waals surface area contributed by atoms with E-state index in [1.54, 1.807) is 0 Å². The molecule has 0 aromatic heterocycles. The number of aliphatic hydroxyl groups is 1.